The van der Waals surface area contributed by atoms with Gasteiger partial charge in [0.15, 0.2) is 0 Å². The molecule has 0 aliphatic carbocycles. The number of carbonyl (C=O) groups excluding carboxylic acids is 1. The molecule has 1 amide bonds. The molecule has 3 heterocycles. The highest BCUT2D eigenvalue weighted by atomic mass is 32.2. The second kappa shape index (κ2) is 4.38. The van der Waals surface area contributed by atoms with Gasteiger partial charge in [-0.25, -0.2) is 0 Å². The number of benzene rings is 1. The summed E-state index contributed by atoms with van der Waals surface area (Å²) in [6.45, 7) is 0.815. The zero-order valence-electron chi connectivity index (χ0n) is 10.8. The van der Waals surface area contributed by atoms with Gasteiger partial charge in [0.2, 0.25) is 5.56 Å². The normalized spacial score (nSPS) is 24.5. The molecule has 20 heavy (non-hydrogen) atoms. The zero-order valence-corrected chi connectivity index (χ0v) is 11.7. The van der Waals surface area contributed by atoms with Gasteiger partial charge < -0.3 is 9.88 Å². The quantitative estimate of drug-likeness (QED) is 0.870. The molecule has 0 radical (unpaired) electrons. The van der Waals surface area contributed by atoms with Crippen LogP contribution < -0.4 is 5.56 Å². The minimum atomic E-state index is -0.217. The van der Waals surface area contributed by atoms with Gasteiger partial charge in [-0.2, -0.15) is 11.8 Å². The van der Waals surface area contributed by atoms with Crippen LogP contribution in [0.3, 0.4) is 0 Å². The van der Waals surface area contributed by atoms with Gasteiger partial charge >= 0.3 is 0 Å². The third kappa shape index (κ3) is 1.77. The molecule has 0 saturated carbocycles. The summed E-state index contributed by atoms with van der Waals surface area (Å²) < 4.78 is 0. The number of fused-ring (bicyclic) bond motifs is 3. The molecule has 5 heteroatoms. The summed E-state index contributed by atoms with van der Waals surface area (Å²) in [5, 5.41) is 1.41. The number of para-hydroxylation sites is 1. The molecule has 2 aliphatic heterocycles. The highest BCUT2D eigenvalue weighted by molar-refractivity contribution is 8.00. The Morgan fingerprint density at radius 2 is 2.20 bits per heavy atom. The third-order valence-electron chi connectivity index (χ3n) is 4.14. The number of thioether (sulfide) groups is 1. The number of carbonyl (C=O) groups is 1. The molecule has 4 nitrogen and oxygen atoms in total. The molecular formula is C15H14N2O2S. The van der Waals surface area contributed by atoms with E-state index in [1.807, 2.05) is 40.9 Å². The lowest BCUT2D eigenvalue weighted by Crippen LogP contribution is -2.39. The van der Waals surface area contributed by atoms with E-state index in [4.69, 9.17) is 0 Å². The summed E-state index contributed by atoms with van der Waals surface area (Å²) in [5.74, 6) is 1.03. The second-order valence-corrected chi connectivity index (χ2v) is 6.73. The van der Waals surface area contributed by atoms with E-state index >= 15 is 0 Å². The van der Waals surface area contributed by atoms with Crippen LogP contribution in [0.1, 0.15) is 16.8 Å². The van der Waals surface area contributed by atoms with Crippen molar-refractivity contribution in [1.29, 1.82) is 0 Å². The van der Waals surface area contributed by atoms with Gasteiger partial charge in [0, 0.05) is 40.6 Å². The summed E-state index contributed by atoms with van der Waals surface area (Å²) in [6.07, 6.45) is 1.09. The summed E-state index contributed by atoms with van der Waals surface area (Å²) >= 11 is 1.95. The van der Waals surface area contributed by atoms with Gasteiger partial charge in [-0.1, -0.05) is 18.2 Å². The molecule has 2 aromatic rings. The van der Waals surface area contributed by atoms with E-state index in [1.54, 1.807) is 0 Å². The number of nitrogens with zero attached hydrogens (tertiary/aromatic N) is 1. The van der Waals surface area contributed by atoms with Gasteiger partial charge in [-0.3, -0.25) is 9.59 Å². The SMILES string of the molecule is O=C(c1cc(=O)[nH]c2ccccc12)N1CC2CC1CS2. The van der Waals surface area contributed by atoms with Crippen molar-refractivity contribution in [2.24, 2.45) is 0 Å². The first kappa shape index (κ1) is 12.0. The third-order valence-corrected chi connectivity index (χ3v) is 5.53. The number of likely N-dealkylation sites (tertiary alicyclic amines) is 1. The van der Waals surface area contributed by atoms with Crippen LogP contribution >= 0.6 is 11.8 Å². The Balaban J connectivity index is 1.82. The van der Waals surface area contributed by atoms with Crippen molar-refractivity contribution in [1.82, 2.24) is 9.88 Å². The van der Waals surface area contributed by atoms with Crippen LogP contribution in [0.5, 0.6) is 0 Å². The molecule has 2 unspecified atom stereocenters. The molecule has 2 fully saturated rings. The van der Waals surface area contributed by atoms with Crippen molar-refractivity contribution in [3.8, 4) is 0 Å². The van der Waals surface area contributed by atoms with E-state index < -0.39 is 0 Å². The smallest absolute Gasteiger partial charge is 0.255 e. The largest absolute Gasteiger partial charge is 0.334 e. The molecule has 1 aromatic heterocycles. The lowest BCUT2D eigenvalue weighted by Gasteiger charge is -2.27. The fourth-order valence-corrected chi connectivity index (χ4v) is 4.62. The second-order valence-electron chi connectivity index (χ2n) is 5.40. The Labute approximate surface area is 120 Å². The summed E-state index contributed by atoms with van der Waals surface area (Å²) in [5.41, 5.74) is 1.04. The maximum absolute atomic E-state index is 12.8. The molecule has 1 aromatic carbocycles. The molecular weight excluding hydrogens is 272 g/mol. The van der Waals surface area contributed by atoms with Crippen molar-refractivity contribution in [2.75, 3.05) is 12.3 Å². The number of hydrogen-bond donors (Lipinski definition) is 1. The standard InChI is InChI=1S/C15H14N2O2S/c18-14-6-12(11-3-1-2-4-13(11)16-14)15(19)17-7-10-5-9(17)8-20-10/h1-4,6,9-10H,5,7-8H2,(H,16,18). The Morgan fingerprint density at radius 1 is 1.35 bits per heavy atom. The number of H-pyrrole nitrogens is 1. The van der Waals surface area contributed by atoms with Crippen LogP contribution in [0.4, 0.5) is 0 Å². The van der Waals surface area contributed by atoms with Gasteiger partial charge in [0.05, 0.1) is 5.56 Å². The predicted octanol–water partition coefficient (Wildman–Crippen LogP) is 1.86. The van der Waals surface area contributed by atoms with E-state index in [0.29, 0.717) is 16.9 Å². The van der Waals surface area contributed by atoms with Gasteiger partial charge in [0.1, 0.15) is 0 Å². The number of nitrogens with one attached hydrogen (secondary N) is 1. The highest BCUT2D eigenvalue weighted by Crippen LogP contribution is 2.38. The Morgan fingerprint density at radius 3 is 2.95 bits per heavy atom. The number of rotatable bonds is 1. The van der Waals surface area contributed by atoms with Crippen LogP contribution in [0.15, 0.2) is 35.1 Å². The number of aromatic nitrogens is 1. The first-order valence-electron chi connectivity index (χ1n) is 6.77. The first-order chi connectivity index (χ1) is 9.72. The highest BCUT2D eigenvalue weighted by Gasteiger charge is 2.41. The molecule has 2 bridgehead atoms. The first-order valence-corrected chi connectivity index (χ1v) is 7.82. The van der Waals surface area contributed by atoms with Gasteiger partial charge in [-0.15, -0.1) is 0 Å². The van der Waals surface area contributed by atoms with E-state index in [2.05, 4.69) is 4.98 Å². The fourth-order valence-electron chi connectivity index (χ4n) is 3.18. The van der Waals surface area contributed by atoms with Crippen molar-refractivity contribution in [2.45, 2.75) is 17.7 Å². The molecule has 2 aliphatic rings. The van der Waals surface area contributed by atoms with E-state index in [-0.39, 0.29) is 11.5 Å². The predicted molar refractivity (Wildman–Crippen MR) is 80.3 cm³/mol. The van der Waals surface area contributed by atoms with E-state index in [9.17, 15) is 9.59 Å². The average Bonchev–Trinajstić information content (AvgIpc) is 3.08. The zero-order chi connectivity index (χ0) is 13.7. The Hall–Kier alpha value is -1.75. The fraction of sp³-hybridized carbons (Fsp3) is 0.333. The molecule has 102 valence electrons. The Kier molecular flexibility index (Phi) is 2.63. The monoisotopic (exact) mass is 286 g/mol. The van der Waals surface area contributed by atoms with Crippen molar-refractivity contribution >= 4 is 28.6 Å². The summed E-state index contributed by atoms with van der Waals surface area (Å²) in [6, 6.07) is 9.26. The van der Waals surface area contributed by atoms with Crippen molar-refractivity contribution in [3.63, 3.8) is 0 Å². The molecule has 1 N–H and O–H groups in total. The van der Waals surface area contributed by atoms with Crippen LogP contribution in [-0.2, 0) is 0 Å². The van der Waals surface area contributed by atoms with Crippen LogP contribution in [0.2, 0.25) is 0 Å². The molecule has 2 saturated heterocycles. The summed E-state index contributed by atoms with van der Waals surface area (Å²) in [7, 11) is 0. The van der Waals surface area contributed by atoms with E-state index in [0.717, 1.165) is 29.6 Å². The Bertz CT molecular complexity index is 755. The maximum atomic E-state index is 12.8. The van der Waals surface area contributed by atoms with Crippen molar-refractivity contribution in [3.05, 3.63) is 46.2 Å². The van der Waals surface area contributed by atoms with Crippen LogP contribution in [0, 0.1) is 0 Å². The lowest BCUT2D eigenvalue weighted by atomic mass is 10.1. The van der Waals surface area contributed by atoms with Gasteiger partial charge in [-0.05, 0) is 12.5 Å². The number of aromatic amines is 1. The maximum Gasteiger partial charge on any atom is 0.255 e. The minimum Gasteiger partial charge on any atom is -0.334 e. The summed E-state index contributed by atoms with van der Waals surface area (Å²) in [4.78, 5) is 29.2. The van der Waals surface area contributed by atoms with E-state index in [1.165, 1.54) is 6.07 Å². The lowest BCUT2D eigenvalue weighted by molar-refractivity contribution is 0.0749. The van der Waals surface area contributed by atoms with Crippen LogP contribution in [0.25, 0.3) is 10.9 Å². The van der Waals surface area contributed by atoms with Crippen LogP contribution in [-0.4, -0.2) is 39.4 Å². The van der Waals surface area contributed by atoms with Crippen molar-refractivity contribution < 1.29 is 4.79 Å². The van der Waals surface area contributed by atoms with Gasteiger partial charge in [0.25, 0.3) is 5.91 Å². The number of pyridine rings is 1. The molecule has 4 rings (SSSR count). The molecule has 2 atom stereocenters. The number of amides is 1. The number of hydrogen-bond acceptors (Lipinski definition) is 3. The molecule has 0 spiro atoms. The topological polar surface area (TPSA) is 53.2 Å². The minimum absolute atomic E-state index is 0.0000926. The average molecular weight is 286 g/mol.